The number of nitrogens with zero attached hydrogens (tertiary/aromatic N) is 4. The van der Waals surface area contributed by atoms with E-state index in [1.165, 1.54) is 16.3 Å². The van der Waals surface area contributed by atoms with Crippen LogP contribution in [-0.2, 0) is 42.9 Å². The van der Waals surface area contributed by atoms with Crippen LogP contribution in [0.25, 0.3) is 11.4 Å². The van der Waals surface area contributed by atoms with Gasteiger partial charge in [-0.15, -0.1) is 5.10 Å². The fraction of sp³-hybridized carbons (Fsp3) is 0.345. The van der Waals surface area contributed by atoms with E-state index >= 15 is 0 Å². The number of hydrogen-bond donors (Lipinski definition) is 0. The SMILES string of the molecule is CC(=O)OC[C@H]1O[C@@H](n2nc(-c3ccccc3)n(/N=C/c3ccc(Cl)cc3)c2=S)[C@H](OC(C)=O)[C@@H](OC(C)=O)[C@@H]1OC(C)=O. The summed E-state index contributed by atoms with van der Waals surface area (Å²) >= 11 is 11.8. The van der Waals surface area contributed by atoms with Crippen LogP contribution in [0.2, 0.25) is 5.02 Å². The third-order valence-electron chi connectivity index (χ3n) is 6.21. The normalized spacial score (nSPS) is 21.4. The molecular weight excluding hydrogens is 616 g/mol. The van der Waals surface area contributed by atoms with Crippen molar-refractivity contribution in [3.05, 3.63) is 70.0 Å². The van der Waals surface area contributed by atoms with Gasteiger partial charge in [0, 0.05) is 38.3 Å². The van der Waals surface area contributed by atoms with Gasteiger partial charge in [0.05, 0.1) is 6.21 Å². The number of aromatic nitrogens is 3. The van der Waals surface area contributed by atoms with Crippen molar-refractivity contribution in [1.82, 2.24) is 14.5 Å². The minimum Gasteiger partial charge on any atom is -0.463 e. The molecule has 0 saturated carbocycles. The van der Waals surface area contributed by atoms with Gasteiger partial charge >= 0.3 is 23.9 Å². The molecule has 13 nitrogen and oxygen atoms in total. The van der Waals surface area contributed by atoms with Crippen LogP contribution in [0.4, 0.5) is 0 Å². The second-order valence-corrected chi connectivity index (χ2v) is 10.4. The lowest BCUT2D eigenvalue weighted by Gasteiger charge is -2.44. The van der Waals surface area contributed by atoms with Crippen LogP contribution in [0.5, 0.6) is 0 Å². The summed E-state index contributed by atoms with van der Waals surface area (Å²) in [6.07, 6.45) is -5.12. The molecule has 0 aliphatic carbocycles. The zero-order valence-corrected chi connectivity index (χ0v) is 25.7. The number of carbonyl (C=O) groups is 4. The van der Waals surface area contributed by atoms with E-state index in [2.05, 4.69) is 10.2 Å². The Labute approximate surface area is 262 Å². The number of hydrogen-bond acceptors (Lipinski definition) is 12. The molecule has 1 aliphatic rings. The summed E-state index contributed by atoms with van der Waals surface area (Å²) in [5.41, 5.74) is 1.35. The topological polar surface area (TPSA) is 150 Å². The Kier molecular flexibility index (Phi) is 10.6. The lowest BCUT2D eigenvalue weighted by atomic mass is 9.97. The van der Waals surface area contributed by atoms with Crippen molar-refractivity contribution < 1.29 is 42.9 Å². The first kappa shape index (κ1) is 32.5. The summed E-state index contributed by atoms with van der Waals surface area (Å²) in [7, 11) is 0. The average Bonchev–Trinajstić information content (AvgIpc) is 3.29. The van der Waals surface area contributed by atoms with Gasteiger partial charge in [0.15, 0.2) is 30.4 Å². The molecule has 232 valence electrons. The van der Waals surface area contributed by atoms with Crippen LogP contribution in [0.15, 0.2) is 59.7 Å². The summed E-state index contributed by atoms with van der Waals surface area (Å²) < 4.78 is 30.7. The summed E-state index contributed by atoms with van der Waals surface area (Å²) in [5, 5.41) is 9.80. The molecule has 15 heteroatoms. The Balaban J connectivity index is 1.89. The summed E-state index contributed by atoms with van der Waals surface area (Å²) in [4.78, 5) is 48.3. The van der Waals surface area contributed by atoms with Crippen LogP contribution < -0.4 is 0 Å². The van der Waals surface area contributed by atoms with Gasteiger partial charge in [-0.25, -0.2) is 4.68 Å². The third kappa shape index (κ3) is 7.95. The van der Waals surface area contributed by atoms with Gasteiger partial charge in [-0.3, -0.25) is 19.2 Å². The fourth-order valence-electron chi connectivity index (χ4n) is 4.49. The van der Waals surface area contributed by atoms with Gasteiger partial charge in [-0.2, -0.15) is 9.78 Å². The Morgan fingerprint density at radius 3 is 2.07 bits per heavy atom. The second kappa shape index (κ2) is 14.4. The van der Waals surface area contributed by atoms with Crippen molar-refractivity contribution >= 4 is 53.9 Å². The summed E-state index contributed by atoms with van der Waals surface area (Å²) in [6, 6.07) is 16.0. The van der Waals surface area contributed by atoms with Crippen molar-refractivity contribution in [3.8, 4) is 11.4 Å². The molecule has 1 saturated heterocycles. The van der Waals surface area contributed by atoms with Crippen LogP contribution in [0, 0.1) is 4.77 Å². The molecule has 0 N–H and O–H groups in total. The lowest BCUT2D eigenvalue weighted by molar-refractivity contribution is -0.270. The van der Waals surface area contributed by atoms with Crippen molar-refractivity contribution in [2.24, 2.45) is 5.10 Å². The van der Waals surface area contributed by atoms with E-state index in [-0.39, 0.29) is 4.77 Å². The van der Waals surface area contributed by atoms with Gasteiger partial charge in [0.2, 0.25) is 4.77 Å². The highest BCUT2D eigenvalue weighted by Crippen LogP contribution is 2.35. The number of halogens is 1. The highest BCUT2D eigenvalue weighted by atomic mass is 35.5. The maximum Gasteiger partial charge on any atom is 0.303 e. The number of rotatable bonds is 9. The molecule has 0 amide bonds. The molecule has 1 fully saturated rings. The molecular formula is C29H29ClN4O9S. The molecule has 0 unspecified atom stereocenters. The third-order valence-corrected chi connectivity index (χ3v) is 6.82. The molecule has 3 aromatic rings. The standard InChI is InChI=1S/C29H29ClN4O9S/c1-16(35)39-15-23-24(40-17(2)36)25(41-18(3)37)26(42-19(4)38)28(43-23)34-29(44)33(27(32-34)21-8-6-5-7-9-21)31-14-20-10-12-22(30)13-11-20/h5-14,23-26,28H,15H2,1-4H3/b31-14+/t23-,24-,25+,26-,28-/m1/s1. The largest absolute Gasteiger partial charge is 0.463 e. The molecule has 1 aromatic heterocycles. The number of benzene rings is 2. The van der Waals surface area contributed by atoms with E-state index in [1.807, 2.05) is 6.07 Å². The zero-order chi connectivity index (χ0) is 32.0. The molecule has 2 aromatic carbocycles. The highest BCUT2D eigenvalue weighted by molar-refractivity contribution is 7.71. The van der Waals surface area contributed by atoms with E-state index in [0.717, 1.165) is 26.3 Å². The van der Waals surface area contributed by atoms with Gasteiger partial charge < -0.3 is 23.7 Å². The number of carbonyl (C=O) groups excluding carboxylic acids is 4. The maximum absolute atomic E-state index is 12.3. The second-order valence-electron chi connectivity index (χ2n) is 9.61. The lowest BCUT2D eigenvalue weighted by Crippen LogP contribution is -2.60. The maximum atomic E-state index is 12.3. The molecule has 0 spiro atoms. The van der Waals surface area contributed by atoms with E-state index in [1.54, 1.807) is 54.7 Å². The van der Waals surface area contributed by atoms with Crippen LogP contribution in [0.3, 0.4) is 0 Å². The zero-order valence-electron chi connectivity index (χ0n) is 24.1. The molecule has 0 radical (unpaired) electrons. The quantitative estimate of drug-likeness (QED) is 0.145. The predicted octanol–water partition coefficient (Wildman–Crippen LogP) is 3.87. The molecule has 44 heavy (non-hydrogen) atoms. The van der Waals surface area contributed by atoms with E-state index in [0.29, 0.717) is 16.4 Å². The van der Waals surface area contributed by atoms with Crippen LogP contribution in [-0.4, -0.2) is 75.6 Å². The Hall–Kier alpha value is -4.40. The smallest absolute Gasteiger partial charge is 0.303 e. The number of esters is 4. The van der Waals surface area contributed by atoms with Crippen LogP contribution in [0.1, 0.15) is 39.5 Å². The Bertz CT molecular complexity index is 1610. The minimum atomic E-state index is -1.41. The number of ether oxygens (including phenoxy) is 5. The highest BCUT2D eigenvalue weighted by Gasteiger charge is 2.53. The Morgan fingerprint density at radius 1 is 0.886 bits per heavy atom. The van der Waals surface area contributed by atoms with Crippen molar-refractivity contribution in [3.63, 3.8) is 0 Å². The first-order valence-corrected chi connectivity index (χ1v) is 14.1. The van der Waals surface area contributed by atoms with Crippen molar-refractivity contribution in [1.29, 1.82) is 0 Å². The van der Waals surface area contributed by atoms with Gasteiger partial charge in [0.25, 0.3) is 0 Å². The van der Waals surface area contributed by atoms with Gasteiger partial charge in [-0.1, -0.05) is 54.1 Å². The first-order chi connectivity index (χ1) is 20.9. The Morgan fingerprint density at radius 2 is 1.48 bits per heavy atom. The summed E-state index contributed by atoms with van der Waals surface area (Å²) in [6.45, 7) is 4.22. The van der Waals surface area contributed by atoms with Crippen molar-refractivity contribution in [2.75, 3.05) is 6.61 Å². The van der Waals surface area contributed by atoms with Gasteiger partial charge in [-0.05, 0) is 29.9 Å². The molecule has 4 rings (SSSR count). The predicted molar refractivity (Wildman–Crippen MR) is 158 cm³/mol. The fourth-order valence-corrected chi connectivity index (χ4v) is 4.89. The average molecular weight is 645 g/mol. The van der Waals surface area contributed by atoms with Crippen molar-refractivity contribution in [2.45, 2.75) is 58.3 Å². The van der Waals surface area contributed by atoms with E-state index in [9.17, 15) is 19.2 Å². The molecule has 2 heterocycles. The molecule has 5 atom stereocenters. The van der Waals surface area contributed by atoms with E-state index < -0.39 is 61.1 Å². The van der Waals surface area contributed by atoms with Gasteiger partial charge in [0.1, 0.15) is 12.7 Å². The summed E-state index contributed by atoms with van der Waals surface area (Å²) in [5.74, 6) is -2.60. The monoisotopic (exact) mass is 644 g/mol. The molecule has 1 aliphatic heterocycles. The van der Waals surface area contributed by atoms with E-state index in [4.69, 9.17) is 47.5 Å². The van der Waals surface area contributed by atoms with Crippen LogP contribution >= 0.6 is 23.8 Å². The molecule has 0 bridgehead atoms. The minimum absolute atomic E-state index is 0.00923. The first-order valence-electron chi connectivity index (χ1n) is 13.3.